The van der Waals surface area contributed by atoms with Crippen LogP contribution < -0.4 is 0 Å². The molecule has 0 heterocycles. The summed E-state index contributed by atoms with van der Waals surface area (Å²) in [6, 6.07) is 0. The highest BCUT2D eigenvalue weighted by molar-refractivity contribution is 5.72. The smallest absolute Gasteiger partial charge is 0.308 e. The second kappa shape index (κ2) is 40.4. The van der Waals surface area contributed by atoms with E-state index in [-0.39, 0.29) is 11.9 Å². The molecule has 0 amide bonds. The van der Waals surface area contributed by atoms with Crippen LogP contribution in [-0.2, 0) is 38.0 Å². The molecule has 0 saturated heterocycles. The topological polar surface area (TPSA) is 81.7 Å². The van der Waals surface area contributed by atoms with Crippen molar-refractivity contribution in [3.63, 3.8) is 0 Å². The first-order chi connectivity index (χ1) is 22.8. The van der Waals surface area contributed by atoms with E-state index in [1.54, 1.807) is 0 Å². The first kappa shape index (κ1) is 45.2. The quantitative estimate of drug-likeness (QED) is 0.0476. The van der Waals surface area contributed by atoms with E-state index in [1.165, 1.54) is 96.3 Å². The summed E-state index contributed by atoms with van der Waals surface area (Å²) in [6.45, 7) is 13.4. The molecule has 0 bridgehead atoms. The molecule has 0 radical (unpaired) electrons. The fourth-order valence-corrected chi connectivity index (χ4v) is 5.21. The second-order valence-electron chi connectivity index (χ2n) is 12.4. The van der Waals surface area contributed by atoms with Crippen molar-refractivity contribution >= 4 is 5.97 Å². The molecule has 0 spiro atoms. The summed E-state index contributed by atoms with van der Waals surface area (Å²) in [5.41, 5.74) is 0. The third-order valence-electron chi connectivity index (χ3n) is 8.21. The van der Waals surface area contributed by atoms with Crippen LogP contribution in [0.3, 0.4) is 0 Å². The summed E-state index contributed by atoms with van der Waals surface area (Å²) < 4.78 is 38.6. The monoisotopic (exact) mass is 661 g/mol. The molecule has 0 saturated carbocycles. The number of ether oxygens (including phenoxy) is 7. The van der Waals surface area contributed by atoms with Gasteiger partial charge in [-0.1, -0.05) is 130 Å². The van der Waals surface area contributed by atoms with E-state index in [1.807, 2.05) is 6.92 Å². The predicted octanol–water partition coefficient (Wildman–Crippen LogP) is 9.11. The number of hydrogen-bond donors (Lipinski definition) is 0. The largest absolute Gasteiger partial charge is 0.463 e. The van der Waals surface area contributed by atoms with Gasteiger partial charge in [-0.15, -0.1) is 0 Å². The average molecular weight is 661 g/mol. The van der Waals surface area contributed by atoms with Crippen LogP contribution >= 0.6 is 0 Å². The predicted molar refractivity (Wildman–Crippen MR) is 189 cm³/mol. The molecule has 0 fully saturated rings. The van der Waals surface area contributed by atoms with Crippen LogP contribution in [0.5, 0.6) is 0 Å². The number of rotatable bonds is 40. The Labute approximate surface area is 284 Å². The minimum atomic E-state index is -0.106. The van der Waals surface area contributed by atoms with Crippen LogP contribution in [0.25, 0.3) is 0 Å². The molecule has 8 nitrogen and oxygen atoms in total. The van der Waals surface area contributed by atoms with Crippen LogP contribution in [0.1, 0.15) is 149 Å². The average Bonchev–Trinajstić information content (AvgIpc) is 3.06. The molecule has 0 aromatic carbocycles. The summed E-state index contributed by atoms with van der Waals surface area (Å²) in [5, 5.41) is 0. The van der Waals surface area contributed by atoms with Gasteiger partial charge in [-0.05, 0) is 19.3 Å². The summed E-state index contributed by atoms with van der Waals surface area (Å²) >= 11 is 0. The molecule has 0 rings (SSSR count). The Bertz CT molecular complexity index is 577. The van der Waals surface area contributed by atoms with Gasteiger partial charge in [-0.3, -0.25) is 4.79 Å². The lowest BCUT2D eigenvalue weighted by atomic mass is 10.00. The zero-order valence-electron chi connectivity index (χ0n) is 30.7. The van der Waals surface area contributed by atoms with E-state index < -0.39 is 0 Å². The van der Waals surface area contributed by atoms with E-state index in [9.17, 15) is 4.79 Å². The summed E-state index contributed by atoms with van der Waals surface area (Å²) in [7, 11) is 0. The number of unbranched alkanes of at least 4 members (excludes halogenated alkanes) is 16. The van der Waals surface area contributed by atoms with Crippen molar-refractivity contribution in [3.05, 3.63) is 0 Å². The molecule has 46 heavy (non-hydrogen) atoms. The number of carbonyl (C=O) groups excluding carboxylic acids is 1. The van der Waals surface area contributed by atoms with Crippen LogP contribution in [0.4, 0.5) is 0 Å². The maximum Gasteiger partial charge on any atom is 0.308 e. The molecule has 8 heteroatoms. The second-order valence-corrected chi connectivity index (χ2v) is 12.4. The molecule has 0 aromatic heterocycles. The van der Waals surface area contributed by atoms with Gasteiger partial charge in [0, 0.05) is 6.61 Å². The van der Waals surface area contributed by atoms with Gasteiger partial charge >= 0.3 is 5.97 Å². The highest BCUT2D eigenvalue weighted by atomic mass is 16.6. The number of hydrogen-bond acceptors (Lipinski definition) is 8. The standard InChI is InChI=1S/C38H76O8/c1-4-7-9-10-11-12-13-14-15-16-17-18-19-20-21-22-24-40-25-26-41-27-28-42-29-30-43-31-32-44-33-34-45-35-36-46-38(39)37(6-3)23-8-5-2/h37H,4-36H2,1-3H3. The Kier molecular flexibility index (Phi) is 39.7. The molecular weight excluding hydrogens is 584 g/mol. The van der Waals surface area contributed by atoms with Gasteiger partial charge in [0.1, 0.15) is 6.61 Å². The Balaban J connectivity index is 3.13. The number of carbonyl (C=O) groups is 1. The summed E-state index contributed by atoms with van der Waals surface area (Å²) in [5.74, 6) is -0.0969. The van der Waals surface area contributed by atoms with Crippen molar-refractivity contribution in [1.82, 2.24) is 0 Å². The zero-order chi connectivity index (χ0) is 33.4. The molecule has 0 aliphatic rings. The zero-order valence-corrected chi connectivity index (χ0v) is 30.7. The molecule has 0 aliphatic heterocycles. The SMILES string of the molecule is CCCCCCCCCCCCCCCCCCOCCOCCOCCOCCOCCOCCOC(=O)C(CC)CCCC. The van der Waals surface area contributed by atoms with E-state index in [2.05, 4.69) is 13.8 Å². The van der Waals surface area contributed by atoms with Gasteiger partial charge < -0.3 is 33.2 Å². The lowest BCUT2D eigenvalue weighted by Gasteiger charge is -2.13. The fourth-order valence-electron chi connectivity index (χ4n) is 5.21. The van der Waals surface area contributed by atoms with Crippen LogP contribution in [0.15, 0.2) is 0 Å². The molecule has 1 unspecified atom stereocenters. The fraction of sp³-hybridized carbons (Fsp3) is 0.974. The lowest BCUT2D eigenvalue weighted by Crippen LogP contribution is -2.20. The van der Waals surface area contributed by atoms with Crippen LogP contribution in [-0.4, -0.2) is 91.9 Å². The van der Waals surface area contributed by atoms with Crippen molar-refractivity contribution in [3.8, 4) is 0 Å². The van der Waals surface area contributed by atoms with Gasteiger partial charge in [-0.2, -0.15) is 0 Å². The minimum absolute atomic E-state index is 0.00947. The number of esters is 1. The Morgan fingerprint density at radius 3 is 1.02 bits per heavy atom. The lowest BCUT2D eigenvalue weighted by molar-refractivity contribution is -0.150. The molecule has 276 valence electrons. The van der Waals surface area contributed by atoms with Gasteiger partial charge in [0.25, 0.3) is 0 Å². The molecule has 0 aliphatic carbocycles. The summed E-state index contributed by atoms with van der Waals surface area (Å²) in [4.78, 5) is 12.0. The Morgan fingerprint density at radius 2 is 0.674 bits per heavy atom. The van der Waals surface area contributed by atoms with Crippen LogP contribution in [0.2, 0.25) is 0 Å². The molecule has 0 N–H and O–H groups in total. The van der Waals surface area contributed by atoms with Crippen molar-refractivity contribution < 1.29 is 38.0 Å². The van der Waals surface area contributed by atoms with Crippen molar-refractivity contribution in [1.29, 1.82) is 0 Å². The van der Waals surface area contributed by atoms with E-state index >= 15 is 0 Å². The van der Waals surface area contributed by atoms with E-state index in [0.29, 0.717) is 79.3 Å². The van der Waals surface area contributed by atoms with Crippen molar-refractivity contribution in [2.45, 2.75) is 149 Å². The maximum absolute atomic E-state index is 12.0. The van der Waals surface area contributed by atoms with Gasteiger partial charge in [0.15, 0.2) is 0 Å². The highest BCUT2D eigenvalue weighted by Gasteiger charge is 2.16. The summed E-state index contributed by atoms with van der Waals surface area (Å²) in [6.07, 6.45) is 26.1. The van der Waals surface area contributed by atoms with Crippen LogP contribution in [0, 0.1) is 5.92 Å². The third-order valence-corrected chi connectivity index (χ3v) is 8.21. The van der Waals surface area contributed by atoms with E-state index in [0.717, 1.165) is 38.7 Å². The van der Waals surface area contributed by atoms with Gasteiger partial charge in [-0.25, -0.2) is 0 Å². The first-order valence-electron chi connectivity index (χ1n) is 19.4. The maximum atomic E-state index is 12.0. The van der Waals surface area contributed by atoms with Gasteiger partial charge in [0.05, 0.1) is 78.6 Å². The first-order valence-corrected chi connectivity index (χ1v) is 19.4. The van der Waals surface area contributed by atoms with E-state index in [4.69, 9.17) is 33.2 Å². The minimum Gasteiger partial charge on any atom is -0.463 e. The molecular formula is C38H76O8. The Hall–Kier alpha value is -0.770. The normalized spacial score (nSPS) is 12.2. The van der Waals surface area contributed by atoms with Gasteiger partial charge in [0.2, 0.25) is 0 Å². The molecule has 1 atom stereocenters. The Morgan fingerprint density at radius 1 is 0.370 bits per heavy atom. The van der Waals surface area contributed by atoms with Crippen molar-refractivity contribution in [2.24, 2.45) is 5.92 Å². The van der Waals surface area contributed by atoms with Crippen molar-refractivity contribution in [2.75, 3.05) is 85.9 Å². The molecule has 0 aromatic rings. The highest BCUT2D eigenvalue weighted by Crippen LogP contribution is 2.15. The third kappa shape index (κ3) is 36.1.